The molecule has 2 nitrogen and oxygen atoms in total. The molecule has 1 saturated heterocycles. The van der Waals surface area contributed by atoms with Gasteiger partial charge in [-0.25, -0.2) is 0 Å². The number of alkyl halides is 9. The largest absolute Gasteiger partial charge is 0.416 e. The summed E-state index contributed by atoms with van der Waals surface area (Å²) in [6.07, 6.45) is -15.4. The minimum Gasteiger partial charge on any atom is -0.314 e. The van der Waals surface area contributed by atoms with Crippen molar-refractivity contribution < 1.29 is 39.5 Å². The number of nitrogens with one attached hydrogen (secondary N) is 1. The van der Waals surface area contributed by atoms with Gasteiger partial charge in [-0.1, -0.05) is 0 Å². The highest BCUT2D eigenvalue weighted by Crippen LogP contribution is 2.43. The highest BCUT2D eigenvalue weighted by atomic mass is 35.5. The average Bonchev–Trinajstić information content (AvgIpc) is 2.45. The molecule has 1 fully saturated rings. The van der Waals surface area contributed by atoms with Crippen molar-refractivity contribution in [2.75, 3.05) is 26.2 Å². The Hall–Kier alpha value is -1.20. The van der Waals surface area contributed by atoms with Crippen LogP contribution in [0.25, 0.3) is 0 Å². The van der Waals surface area contributed by atoms with Crippen molar-refractivity contribution in [2.24, 2.45) is 0 Å². The lowest BCUT2D eigenvalue weighted by Gasteiger charge is -2.36. The molecule has 1 N–H and O–H groups in total. The van der Waals surface area contributed by atoms with Gasteiger partial charge < -0.3 is 5.32 Å². The fraction of sp³-hybridized carbons (Fsp3) is 0.571. The third-order valence-corrected chi connectivity index (χ3v) is 3.75. The number of nitrogens with zero attached hydrogens (tertiary/aromatic N) is 1. The number of halogens is 10. The van der Waals surface area contributed by atoms with Gasteiger partial charge in [-0.3, -0.25) is 4.90 Å². The fourth-order valence-electron chi connectivity index (χ4n) is 2.68. The van der Waals surface area contributed by atoms with E-state index >= 15 is 0 Å². The van der Waals surface area contributed by atoms with Gasteiger partial charge in [0, 0.05) is 26.2 Å². The van der Waals surface area contributed by atoms with Gasteiger partial charge in [0.25, 0.3) is 0 Å². The molecular weight excluding hydrogens is 403 g/mol. The quantitative estimate of drug-likeness (QED) is 0.706. The molecular formula is C14H14ClF9N2. The monoisotopic (exact) mass is 416 g/mol. The first-order valence-electron chi connectivity index (χ1n) is 7.11. The van der Waals surface area contributed by atoms with Crippen LogP contribution in [0.2, 0.25) is 0 Å². The van der Waals surface area contributed by atoms with Gasteiger partial charge in [0.15, 0.2) is 0 Å². The second-order valence-corrected chi connectivity index (χ2v) is 5.57. The van der Waals surface area contributed by atoms with Crippen LogP contribution in [0.15, 0.2) is 18.2 Å². The first-order valence-corrected chi connectivity index (χ1v) is 7.11. The molecule has 1 aliphatic heterocycles. The summed E-state index contributed by atoms with van der Waals surface area (Å²) >= 11 is 0. The predicted molar refractivity (Wildman–Crippen MR) is 76.9 cm³/mol. The molecule has 0 amide bonds. The van der Waals surface area contributed by atoms with Gasteiger partial charge in [0.1, 0.15) is 6.04 Å². The Kier molecular flexibility index (Phi) is 6.86. The van der Waals surface area contributed by atoms with E-state index in [2.05, 4.69) is 5.32 Å². The van der Waals surface area contributed by atoms with E-state index in [9.17, 15) is 39.5 Å². The summed E-state index contributed by atoms with van der Waals surface area (Å²) in [5.74, 6) is 0. The summed E-state index contributed by atoms with van der Waals surface area (Å²) in [7, 11) is 0. The summed E-state index contributed by atoms with van der Waals surface area (Å²) < 4.78 is 117. The van der Waals surface area contributed by atoms with Gasteiger partial charge in [0.2, 0.25) is 0 Å². The van der Waals surface area contributed by atoms with Crippen LogP contribution >= 0.6 is 12.4 Å². The van der Waals surface area contributed by atoms with E-state index in [1.807, 2.05) is 0 Å². The van der Waals surface area contributed by atoms with Gasteiger partial charge in [0.05, 0.1) is 11.1 Å². The molecule has 1 heterocycles. The van der Waals surface area contributed by atoms with Crippen molar-refractivity contribution in [1.29, 1.82) is 0 Å². The van der Waals surface area contributed by atoms with Crippen molar-refractivity contribution in [3.63, 3.8) is 0 Å². The van der Waals surface area contributed by atoms with E-state index in [0.29, 0.717) is 0 Å². The van der Waals surface area contributed by atoms with Crippen molar-refractivity contribution in [3.05, 3.63) is 34.9 Å². The maximum absolute atomic E-state index is 13.4. The fourth-order valence-corrected chi connectivity index (χ4v) is 2.68. The zero-order chi connectivity index (χ0) is 19.0. The molecule has 0 saturated carbocycles. The Morgan fingerprint density at radius 3 is 1.54 bits per heavy atom. The summed E-state index contributed by atoms with van der Waals surface area (Å²) in [5.41, 5.74) is -4.60. The molecule has 1 atom stereocenters. The molecule has 0 aliphatic carbocycles. The molecule has 0 spiro atoms. The Balaban J connectivity index is 0.00000338. The van der Waals surface area contributed by atoms with Crippen LogP contribution in [-0.2, 0) is 12.4 Å². The number of hydrogen-bond donors (Lipinski definition) is 1. The predicted octanol–water partition coefficient (Wildman–Crippen LogP) is 4.65. The normalized spacial score (nSPS) is 18.3. The second-order valence-electron chi connectivity index (χ2n) is 5.57. The van der Waals surface area contributed by atoms with Gasteiger partial charge in [-0.2, -0.15) is 39.5 Å². The van der Waals surface area contributed by atoms with Crippen LogP contribution in [0.5, 0.6) is 0 Å². The minimum absolute atomic E-state index is 0. The number of rotatable bonds is 2. The van der Waals surface area contributed by atoms with Crippen LogP contribution in [0.3, 0.4) is 0 Å². The standard InChI is InChI=1S/C14H13F9N2.ClH/c15-12(16,17)9-5-8(6-10(7-9)13(18,19)20)11(14(21,22)23)25-3-1-24-2-4-25;/h5-7,11,24H,1-4H2;1H/t11-;/m1./s1. The first kappa shape index (κ1) is 22.8. The lowest BCUT2D eigenvalue weighted by molar-refractivity contribution is -0.188. The van der Waals surface area contributed by atoms with Crippen LogP contribution in [0.1, 0.15) is 22.7 Å². The summed E-state index contributed by atoms with van der Waals surface area (Å²) in [6, 6.07) is -2.46. The highest BCUT2D eigenvalue weighted by molar-refractivity contribution is 5.85. The van der Waals surface area contributed by atoms with E-state index in [4.69, 9.17) is 0 Å². The molecule has 0 bridgehead atoms. The molecule has 1 aromatic carbocycles. The van der Waals surface area contributed by atoms with E-state index in [1.165, 1.54) is 0 Å². The lowest BCUT2D eigenvalue weighted by atomic mass is 9.97. The topological polar surface area (TPSA) is 15.3 Å². The van der Waals surface area contributed by atoms with Gasteiger partial charge >= 0.3 is 18.5 Å². The van der Waals surface area contributed by atoms with Crippen molar-refractivity contribution >= 4 is 12.4 Å². The summed E-state index contributed by atoms with van der Waals surface area (Å²) in [6.45, 7) is -0.00111. The lowest BCUT2D eigenvalue weighted by Crippen LogP contribution is -2.49. The number of benzene rings is 1. The molecule has 0 unspecified atom stereocenters. The SMILES string of the molecule is Cl.FC(F)(F)c1cc([C@@H](N2CCNCC2)C(F)(F)F)cc(C(F)(F)F)c1. The molecule has 26 heavy (non-hydrogen) atoms. The zero-order valence-corrected chi connectivity index (χ0v) is 13.7. The van der Waals surface area contributed by atoms with Crippen LogP contribution in [0.4, 0.5) is 39.5 Å². The van der Waals surface area contributed by atoms with E-state index in [1.54, 1.807) is 0 Å². The maximum atomic E-state index is 13.4. The maximum Gasteiger partial charge on any atom is 0.416 e. The Labute approximate surface area is 148 Å². The van der Waals surface area contributed by atoms with Crippen LogP contribution in [-0.4, -0.2) is 37.3 Å². The molecule has 12 heteroatoms. The van der Waals surface area contributed by atoms with Gasteiger partial charge in [-0.05, 0) is 23.8 Å². The van der Waals surface area contributed by atoms with Crippen molar-refractivity contribution in [3.8, 4) is 0 Å². The summed E-state index contributed by atoms with van der Waals surface area (Å²) in [5, 5.41) is 2.77. The van der Waals surface area contributed by atoms with Crippen molar-refractivity contribution in [2.45, 2.75) is 24.6 Å². The molecule has 1 aromatic rings. The Morgan fingerprint density at radius 2 is 1.19 bits per heavy atom. The van der Waals surface area contributed by atoms with Crippen molar-refractivity contribution in [1.82, 2.24) is 10.2 Å². The van der Waals surface area contributed by atoms with E-state index in [-0.39, 0.29) is 56.8 Å². The molecule has 0 radical (unpaired) electrons. The van der Waals surface area contributed by atoms with Gasteiger partial charge in [-0.15, -0.1) is 12.4 Å². The molecule has 0 aromatic heterocycles. The van der Waals surface area contributed by atoms with Crippen LogP contribution < -0.4 is 5.32 Å². The summed E-state index contributed by atoms with van der Waals surface area (Å²) in [4.78, 5) is 0.826. The number of hydrogen-bond acceptors (Lipinski definition) is 2. The van der Waals surface area contributed by atoms with Crippen LogP contribution in [0, 0.1) is 0 Å². The highest BCUT2D eigenvalue weighted by Gasteiger charge is 2.47. The Bertz CT molecular complexity index is 572. The number of piperazine rings is 1. The third-order valence-electron chi connectivity index (χ3n) is 3.75. The second kappa shape index (κ2) is 7.81. The molecule has 2 rings (SSSR count). The average molecular weight is 417 g/mol. The Morgan fingerprint density at radius 1 is 0.769 bits per heavy atom. The zero-order valence-electron chi connectivity index (χ0n) is 12.9. The first-order chi connectivity index (χ1) is 11.3. The van der Waals surface area contributed by atoms with E-state index in [0.717, 1.165) is 4.90 Å². The molecule has 1 aliphatic rings. The smallest absolute Gasteiger partial charge is 0.314 e. The third kappa shape index (κ3) is 5.40. The molecule has 150 valence electrons. The van der Waals surface area contributed by atoms with E-state index < -0.39 is 41.3 Å². The minimum atomic E-state index is -5.20.